The van der Waals surface area contributed by atoms with Gasteiger partial charge in [0.15, 0.2) is 11.5 Å². The van der Waals surface area contributed by atoms with Gasteiger partial charge in [0.05, 0.1) is 24.9 Å². The molecule has 1 heterocycles. The van der Waals surface area contributed by atoms with Crippen LogP contribution in [0.1, 0.15) is 50.8 Å². The smallest absolute Gasteiger partial charge is 0.167 e. The first-order valence-electron chi connectivity index (χ1n) is 10.7. The van der Waals surface area contributed by atoms with Gasteiger partial charge in [0.2, 0.25) is 0 Å². The van der Waals surface area contributed by atoms with Crippen LogP contribution in [0, 0.1) is 23.6 Å². The molecule has 0 radical (unpaired) electrons. The number of aliphatic hydroxyl groups excluding tert-OH is 1. The number of aliphatic hydroxyl groups is 1. The zero-order chi connectivity index (χ0) is 21.5. The van der Waals surface area contributed by atoms with E-state index in [1.54, 1.807) is 13.2 Å². The third kappa shape index (κ3) is 3.93. The number of para-hydroxylation sites is 1. The standard InChI is InChI=1S/C25H31FO4/c1-15-20-12-17(13-21(15)27)25(2,3)30-23(20)19-9-6-10-22(28-4)24(19)29-14-16-7-5-8-18(26)11-16/h5-11,15,17,20-21,23,27H,12-14H2,1-4H3/t15-,17?,20?,21-,23-/m0/s1. The molecule has 4 nitrogen and oxygen atoms in total. The van der Waals surface area contributed by atoms with Gasteiger partial charge < -0.3 is 19.3 Å². The number of fused-ring (bicyclic) bond motifs is 2. The van der Waals surface area contributed by atoms with Crippen LogP contribution in [0.2, 0.25) is 0 Å². The van der Waals surface area contributed by atoms with Crippen molar-refractivity contribution in [3.63, 3.8) is 0 Å². The molecule has 2 unspecified atom stereocenters. The van der Waals surface area contributed by atoms with E-state index in [1.165, 1.54) is 12.1 Å². The first kappa shape index (κ1) is 21.1. The molecule has 2 aliphatic rings. The monoisotopic (exact) mass is 414 g/mol. The molecule has 4 rings (SSSR count). The van der Waals surface area contributed by atoms with Crippen molar-refractivity contribution in [3.05, 3.63) is 59.4 Å². The molecular weight excluding hydrogens is 383 g/mol. The zero-order valence-corrected chi connectivity index (χ0v) is 18.1. The molecule has 1 aliphatic heterocycles. The minimum absolute atomic E-state index is 0.129. The van der Waals surface area contributed by atoms with E-state index >= 15 is 0 Å². The Balaban J connectivity index is 1.69. The van der Waals surface area contributed by atoms with Crippen LogP contribution in [0.5, 0.6) is 11.5 Å². The van der Waals surface area contributed by atoms with Gasteiger partial charge in [-0.3, -0.25) is 0 Å². The van der Waals surface area contributed by atoms with Crippen molar-refractivity contribution in [2.75, 3.05) is 7.11 Å². The summed E-state index contributed by atoms with van der Waals surface area (Å²) >= 11 is 0. The molecule has 2 aromatic rings. The van der Waals surface area contributed by atoms with Gasteiger partial charge in [-0.15, -0.1) is 0 Å². The number of ether oxygens (including phenoxy) is 3. The van der Waals surface area contributed by atoms with Gasteiger partial charge in [0, 0.05) is 5.56 Å². The van der Waals surface area contributed by atoms with Crippen LogP contribution in [-0.4, -0.2) is 23.9 Å². The van der Waals surface area contributed by atoms with Gasteiger partial charge in [0.1, 0.15) is 12.4 Å². The van der Waals surface area contributed by atoms with Crippen LogP contribution in [0.4, 0.5) is 4.39 Å². The molecule has 5 atom stereocenters. The highest BCUT2D eigenvalue weighted by molar-refractivity contribution is 5.48. The van der Waals surface area contributed by atoms with E-state index in [4.69, 9.17) is 14.2 Å². The van der Waals surface area contributed by atoms with Gasteiger partial charge in [-0.25, -0.2) is 4.39 Å². The van der Waals surface area contributed by atoms with Gasteiger partial charge in [-0.2, -0.15) is 0 Å². The van der Waals surface area contributed by atoms with Gasteiger partial charge in [-0.05, 0) is 68.2 Å². The normalized spacial score (nSPS) is 30.0. The third-order valence-electron chi connectivity index (χ3n) is 6.98. The first-order valence-corrected chi connectivity index (χ1v) is 10.7. The Hall–Kier alpha value is -2.11. The van der Waals surface area contributed by atoms with E-state index < -0.39 is 0 Å². The second-order valence-electron chi connectivity index (χ2n) is 9.20. The van der Waals surface area contributed by atoms with Crippen molar-refractivity contribution in [3.8, 4) is 11.5 Å². The van der Waals surface area contributed by atoms with Crippen LogP contribution in [-0.2, 0) is 11.3 Å². The Bertz CT molecular complexity index is 896. The molecule has 5 heteroatoms. The molecule has 1 saturated carbocycles. The lowest BCUT2D eigenvalue weighted by atomic mass is 9.63. The molecule has 1 saturated heterocycles. The average molecular weight is 415 g/mol. The first-order chi connectivity index (χ1) is 14.3. The Kier molecular flexibility index (Phi) is 5.78. The Labute approximate surface area is 178 Å². The summed E-state index contributed by atoms with van der Waals surface area (Å²) in [4.78, 5) is 0. The molecule has 1 aliphatic carbocycles. The van der Waals surface area contributed by atoms with Crippen molar-refractivity contribution >= 4 is 0 Å². The molecule has 0 amide bonds. The molecule has 0 aromatic heterocycles. The molecular formula is C25H31FO4. The maximum absolute atomic E-state index is 13.6. The van der Waals surface area contributed by atoms with Gasteiger partial charge in [-0.1, -0.05) is 31.2 Å². The average Bonchev–Trinajstić information content (AvgIpc) is 2.72. The van der Waals surface area contributed by atoms with E-state index in [0.29, 0.717) is 17.4 Å². The Morgan fingerprint density at radius 1 is 1.17 bits per heavy atom. The second-order valence-corrected chi connectivity index (χ2v) is 9.20. The van der Waals surface area contributed by atoms with Crippen molar-refractivity contribution in [1.29, 1.82) is 0 Å². The minimum Gasteiger partial charge on any atom is -0.493 e. The summed E-state index contributed by atoms with van der Waals surface area (Å²) in [5.74, 6) is 1.60. The van der Waals surface area contributed by atoms with Gasteiger partial charge >= 0.3 is 0 Å². The number of hydrogen-bond donors (Lipinski definition) is 1. The topological polar surface area (TPSA) is 47.9 Å². The molecule has 162 valence electrons. The van der Waals surface area contributed by atoms with E-state index in [-0.39, 0.29) is 42.1 Å². The van der Waals surface area contributed by atoms with E-state index in [9.17, 15) is 9.50 Å². The molecule has 1 N–H and O–H groups in total. The molecule has 0 spiro atoms. The summed E-state index contributed by atoms with van der Waals surface area (Å²) in [5.41, 5.74) is 1.33. The summed E-state index contributed by atoms with van der Waals surface area (Å²) in [5, 5.41) is 10.7. The van der Waals surface area contributed by atoms with Crippen molar-refractivity contribution < 1.29 is 23.7 Å². The van der Waals surface area contributed by atoms with E-state index in [2.05, 4.69) is 20.8 Å². The van der Waals surface area contributed by atoms with Crippen LogP contribution >= 0.6 is 0 Å². The predicted octanol–water partition coefficient (Wildman–Crippen LogP) is 5.29. The maximum atomic E-state index is 13.6. The van der Waals surface area contributed by atoms with Crippen LogP contribution < -0.4 is 9.47 Å². The highest BCUT2D eigenvalue weighted by Gasteiger charge is 2.51. The third-order valence-corrected chi connectivity index (χ3v) is 6.98. The lowest BCUT2D eigenvalue weighted by Gasteiger charge is -2.53. The van der Waals surface area contributed by atoms with E-state index in [1.807, 2.05) is 24.3 Å². The Morgan fingerprint density at radius 2 is 1.93 bits per heavy atom. The molecule has 2 bridgehead atoms. The number of rotatable bonds is 5. The fourth-order valence-electron chi connectivity index (χ4n) is 5.06. The number of hydrogen-bond acceptors (Lipinski definition) is 4. The quantitative estimate of drug-likeness (QED) is 0.723. The summed E-state index contributed by atoms with van der Waals surface area (Å²) in [6, 6.07) is 12.2. The van der Waals surface area contributed by atoms with Crippen molar-refractivity contribution in [2.45, 2.75) is 58.0 Å². The second kappa shape index (κ2) is 8.20. The SMILES string of the molecule is COc1cccc([C@@H]2OC(C)(C)C3CC2[C@H](C)[C@@H](O)C3)c1OCc1cccc(F)c1. The maximum Gasteiger partial charge on any atom is 0.167 e. The highest BCUT2D eigenvalue weighted by Crippen LogP contribution is 2.55. The van der Waals surface area contributed by atoms with Crippen LogP contribution in [0.3, 0.4) is 0 Å². The van der Waals surface area contributed by atoms with Crippen LogP contribution in [0.15, 0.2) is 42.5 Å². The summed E-state index contributed by atoms with van der Waals surface area (Å²) < 4.78 is 32.0. The van der Waals surface area contributed by atoms with E-state index in [0.717, 1.165) is 24.0 Å². The number of halogens is 1. The van der Waals surface area contributed by atoms with Gasteiger partial charge in [0.25, 0.3) is 0 Å². The summed E-state index contributed by atoms with van der Waals surface area (Å²) in [7, 11) is 1.61. The lowest BCUT2D eigenvalue weighted by Crippen LogP contribution is -2.52. The predicted molar refractivity (Wildman–Crippen MR) is 113 cm³/mol. The highest BCUT2D eigenvalue weighted by atomic mass is 19.1. The fourth-order valence-corrected chi connectivity index (χ4v) is 5.06. The molecule has 2 aromatic carbocycles. The number of benzene rings is 2. The van der Waals surface area contributed by atoms with Crippen molar-refractivity contribution in [2.24, 2.45) is 17.8 Å². The Morgan fingerprint density at radius 3 is 2.67 bits per heavy atom. The largest absolute Gasteiger partial charge is 0.493 e. The zero-order valence-electron chi connectivity index (χ0n) is 18.1. The van der Waals surface area contributed by atoms with Crippen molar-refractivity contribution in [1.82, 2.24) is 0 Å². The van der Waals surface area contributed by atoms with Crippen LogP contribution in [0.25, 0.3) is 0 Å². The number of methoxy groups -OCH3 is 1. The molecule has 2 fully saturated rings. The summed E-state index contributed by atoms with van der Waals surface area (Å²) in [6.45, 7) is 6.55. The fraction of sp³-hybridized carbons (Fsp3) is 0.520. The summed E-state index contributed by atoms with van der Waals surface area (Å²) in [6.07, 6.45) is 1.25. The molecule has 30 heavy (non-hydrogen) atoms. The lowest BCUT2D eigenvalue weighted by molar-refractivity contribution is -0.215. The minimum atomic E-state index is -0.342.